The van der Waals surface area contributed by atoms with E-state index in [9.17, 15) is 14.4 Å². The van der Waals surface area contributed by atoms with E-state index in [0.717, 1.165) is 66.4 Å². The first-order valence-electron chi connectivity index (χ1n) is 18.2. The van der Waals surface area contributed by atoms with Gasteiger partial charge in [-0.05, 0) is 124 Å². The van der Waals surface area contributed by atoms with Crippen LogP contribution in [0, 0.1) is 0 Å². The minimum absolute atomic E-state index is 0.354. The molecule has 0 saturated carbocycles. The van der Waals surface area contributed by atoms with Crippen molar-refractivity contribution in [1.29, 1.82) is 0 Å². The van der Waals surface area contributed by atoms with Crippen molar-refractivity contribution in [2.45, 2.75) is 52.4 Å². The molecule has 2 N–H and O–H groups in total. The molecular weight excluding hydrogens is 684 g/mol. The van der Waals surface area contributed by atoms with Gasteiger partial charge in [-0.3, -0.25) is 0 Å². The molecule has 0 radical (unpaired) electrons. The molecule has 5 aromatic carbocycles. The Morgan fingerprint density at radius 1 is 0.574 bits per heavy atom. The van der Waals surface area contributed by atoms with Gasteiger partial charge in [0.25, 0.3) is 0 Å². The van der Waals surface area contributed by atoms with E-state index < -0.39 is 11.9 Å². The molecule has 0 aliphatic rings. The van der Waals surface area contributed by atoms with E-state index in [0.29, 0.717) is 53.8 Å². The SMILES string of the molecule is C=C(C)C(=O)OCCCCCCOc1ccc(C(=O)Oc2ccc(NNc3ccc(C(=O)Oc4ccc(OCCCC)cc4)cc3)c3ccccc23)cc1. The maximum atomic E-state index is 13.1. The maximum Gasteiger partial charge on any atom is 0.343 e. The molecule has 5 aromatic rings. The van der Waals surface area contributed by atoms with Crippen molar-refractivity contribution in [2.75, 3.05) is 30.7 Å². The lowest BCUT2D eigenvalue weighted by atomic mass is 10.1. The first-order chi connectivity index (χ1) is 26.3. The van der Waals surface area contributed by atoms with E-state index in [1.54, 1.807) is 85.8 Å². The van der Waals surface area contributed by atoms with Crippen molar-refractivity contribution in [2.24, 2.45) is 0 Å². The monoisotopic (exact) mass is 730 g/mol. The molecule has 280 valence electrons. The smallest absolute Gasteiger partial charge is 0.343 e. The summed E-state index contributed by atoms with van der Waals surface area (Å²) in [7, 11) is 0. The second-order valence-electron chi connectivity index (χ2n) is 12.6. The molecule has 0 fully saturated rings. The number of carbonyl (C=O) groups excluding carboxylic acids is 3. The zero-order valence-electron chi connectivity index (χ0n) is 30.7. The van der Waals surface area contributed by atoms with Crippen LogP contribution in [-0.4, -0.2) is 37.7 Å². The Labute approximate surface area is 316 Å². The first kappa shape index (κ1) is 38.9. The molecule has 5 rings (SSSR count). The highest BCUT2D eigenvalue weighted by Gasteiger charge is 2.14. The van der Waals surface area contributed by atoms with Crippen molar-refractivity contribution < 1.29 is 38.1 Å². The predicted octanol–water partition coefficient (Wildman–Crippen LogP) is 9.95. The van der Waals surface area contributed by atoms with E-state index in [2.05, 4.69) is 24.4 Å². The largest absolute Gasteiger partial charge is 0.494 e. The fourth-order valence-electron chi connectivity index (χ4n) is 5.28. The van der Waals surface area contributed by atoms with Gasteiger partial charge in [0.2, 0.25) is 0 Å². The maximum absolute atomic E-state index is 13.1. The minimum Gasteiger partial charge on any atom is -0.494 e. The van der Waals surface area contributed by atoms with Crippen LogP contribution in [0.2, 0.25) is 0 Å². The quantitative estimate of drug-likeness (QED) is 0.0263. The molecule has 0 spiro atoms. The molecule has 10 nitrogen and oxygen atoms in total. The number of hydrogen-bond acceptors (Lipinski definition) is 10. The van der Waals surface area contributed by atoms with Crippen molar-refractivity contribution in [3.05, 3.63) is 132 Å². The van der Waals surface area contributed by atoms with E-state index in [1.165, 1.54) is 0 Å². The molecule has 54 heavy (non-hydrogen) atoms. The number of benzene rings is 5. The molecular formula is C44H46N2O8. The van der Waals surface area contributed by atoms with Crippen LogP contribution in [-0.2, 0) is 9.53 Å². The van der Waals surface area contributed by atoms with Crippen LogP contribution in [0.25, 0.3) is 10.8 Å². The summed E-state index contributed by atoms with van der Waals surface area (Å²) in [6.45, 7) is 8.90. The molecule has 0 aliphatic carbocycles. The fourth-order valence-corrected chi connectivity index (χ4v) is 5.28. The zero-order chi connectivity index (χ0) is 38.1. The topological polar surface area (TPSA) is 121 Å². The molecule has 0 amide bonds. The number of unbranched alkanes of at least 4 members (excludes halogenated alkanes) is 4. The number of ether oxygens (including phenoxy) is 5. The molecule has 0 aromatic heterocycles. The Hall–Kier alpha value is -6.29. The van der Waals surface area contributed by atoms with Crippen molar-refractivity contribution in [3.63, 3.8) is 0 Å². The number of carbonyl (C=O) groups is 3. The number of hydrogen-bond donors (Lipinski definition) is 2. The fraction of sp³-hybridized carbons (Fsp3) is 0.250. The average Bonchev–Trinajstić information content (AvgIpc) is 3.19. The van der Waals surface area contributed by atoms with E-state index in [-0.39, 0.29) is 5.97 Å². The van der Waals surface area contributed by atoms with E-state index >= 15 is 0 Å². The molecule has 10 heteroatoms. The van der Waals surface area contributed by atoms with Crippen molar-refractivity contribution in [1.82, 2.24) is 0 Å². The van der Waals surface area contributed by atoms with Gasteiger partial charge in [0.1, 0.15) is 23.0 Å². The summed E-state index contributed by atoms with van der Waals surface area (Å²) in [6.07, 6.45) is 5.58. The molecule has 0 atom stereocenters. The van der Waals surface area contributed by atoms with Crippen LogP contribution >= 0.6 is 0 Å². The number of anilines is 2. The van der Waals surface area contributed by atoms with Gasteiger partial charge in [0.05, 0.1) is 42.3 Å². The third kappa shape index (κ3) is 11.6. The lowest BCUT2D eigenvalue weighted by Gasteiger charge is -2.15. The second kappa shape index (κ2) is 20.1. The van der Waals surface area contributed by atoms with Crippen LogP contribution in [0.3, 0.4) is 0 Å². The normalized spacial score (nSPS) is 10.6. The lowest BCUT2D eigenvalue weighted by molar-refractivity contribution is -0.139. The number of hydrazine groups is 1. The van der Waals surface area contributed by atoms with Gasteiger partial charge in [-0.25, -0.2) is 14.4 Å². The van der Waals surface area contributed by atoms with Gasteiger partial charge in [-0.15, -0.1) is 0 Å². The summed E-state index contributed by atoms with van der Waals surface area (Å²) in [4.78, 5) is 37.2. The highest BCUT2D eigenvalue weighted by atomic mass is 16.5. The van der Waals surface area contributed by atoms with Crippen LogP contribution < -0.4 is 29.8 Å². The van der Waals surface area contributed by atoms with Crippen LogP contribution in [0.15, 0.2) is 121 Å². The molecule has 0 aliphatic heterocycles. The third-order valence-corrected chi connectivity index (χ3v) is 8.33. The van der Waals surface area contributed by atoms with Gasteiger partial charge < -0.3 is 34.5 Å². The number of rotatable bonds is 20. The summed E-state index contributed by atoms with van der Waals surface area (Å²) < 4.78 is 28.0. The Morgan fingerprint density at radius 2 is 1.13 bits per heavy atom. The van der Waals surface area contributed by atoms with Gasteiger partial charge in [0, 0.05) is 16.3 Å². The van der Waals surface area contributed by atoms with Crippen LogP contribution in [0.1, 0.15) is 73.1 Å². The Morgan fingerprint density at radius 3 is 1.78 bits per heavy atom. The highest BCUT2D eigenvalue weighted by molar-refractivity contribution is 6.01. The number of nitrogens with one attached hydrogen (secondary N) is 2. The Kier molecular flexibility index (Phi) is 14.5. The second-order valence-corrected chi connectivity index (χ2v) is 12.6. The van der Waals surface area contributed by atoms with Crippen LogP contribution in [0.5, 0.6) is 23.0 Å². The third-order valence-electron chi connectivity index (χ3n) is 8.33. The Balaban J connectivity index is 1.08. The first-order valence-corrected chi connectivity index (χ1v) is 18.2. The summed E-state index contributed by atoms with van der Waals surface area (Å²) in [5.41, 5.74) is 9.10. The van der Waals surface area contributed by atoms with Gasteiger partial charge >= 0.3 is 17.9 Å². The van der Waals surface area contributed by atoms with Crippen LogP contribution in [0.4, 0.5) is 11.4 Å². The standard InChI is InChI=1S/C44H46N2O8/c1-4-5-28-50-36-22-24-37(25-23-36)53-43(48)32-14-18-34(19-15-32)45-46-40-26-27-41(39-13-9-8-12-38(39)40)54-44(49)33-16-20-35(21-17-33)51-29-10-6-7-11-30-52-42(47)31(2)3/h8-9,12-27,45-46H,2,4-7,10-11,28-30H2,1,3H3. The summed E-state index contributed by atoms with van der Waals surface area (Å²) in [5, 5.41) is 1.60. The summed E-state index contributed by atoms with van der Waals surface area (Å²) >= 11 is 0. The van der Waals surface area contributed by atoms with Gasteiger partial charge in [-0.2, -0.15) is 0 Å². The van der Waals surface area contributed by atoms with E-state index in [1.807, 2.05) is 30.3 Å². The minimum atomic E-state index is -0.482. The predicted molar refractivity (Wildman–Crippen MR) is 211 cm³/mol. The molecule has 0 bridgehead atoms. The summed E-state index contributed by atoms with van der Waals surface area (Å²) in [6, 6.07) is 32.0. The van der Waals surface area contributed by atoms with Crippen molar-refractivity contribution >= 4 is 40.1 Å². The molecule has 0 saturated heterocycles. The lowest BCUT2D eigenvalue weighted by Crippen LogP contribution is -2.11. The molecule has 0 heterocycles. The Bertz CT molecular complexity index is 2010. The number of fused-ring (bicyclic) bond motifs is 1. The highest BCUT2D eigenvalue weighted by Crippen LogP contribution is 2.32. The van der Waals surface area contributed by atoms with E-state index in [4.69, 9.17) is 23.7 Å². The number of esters is 3. The average molecular weight is 731 g/mol. The zero-order valence-corrected chi connectivity index (χ0v) is 30.7. The van der Waals surface area contributed by atoms with Gasteiger partial charge in [-0.1, -0.05) is 44.2 Å². The molecule has 0 unspecified atom stereocenters. The summed E-state index contributed by atoms with van der Waals surface area (Å²) in [5.74, 6) is 0.971. The van der Waals surface area contributed by atoms with Gasteiger partial charge in [0.15, 0.2) is 0 Å². The van der Waals surface area contributed by atoms with Crippen molar-refractivity contribution in [3.8, 4) is 23.0 Å².